The second-order valence-electron chi connectivity index (χ2n) is 3.42. The van der Waals surface area contributed by atoms with Crippen molar-refractivity contribution in [3.8, 4) is 0 Å². The zero-order chi connectivity index (χ0) is 9.26. The van der Waals surface area contributed by atoms with Crippen molar-refractivity contribution in [3.63, 3.8) is 0 Å². The van der Waals surface area contributed by atoms with Crippen molar-refractivity contribution < 1.29 is 20.4 Å². The van der Waals surface area contributed by atoms with E-state index in [1.54, 1.807) is 0 Å². The molecule has 0 aliphatic heterocycles. The van der Waals surface area contributed by atoms with Crippen LogP contribution in [0.2, 0.25) is 0 Å². The van der Waals surface area contributed by atoms with E-state index >= 15 is 0 Å². The molecule has 0 aliphatic carbocycles. The maximum atomic E-state index is 3.98. The number of hydrogen-bond acceptors (Lipinski definition) is 0. The molecule has 0 spiro atoms. The summed E-state index contributed by atoms with van der Waals surface area (Å²) in [6, 6.07) is 15.8. The molecule has 0 nitrogen and oxygen atoms in total. The van der Waals surface area contributed by atoms with Crippen LogP contribution in [-0.2, 0) is 20.4 Å². The summed E-state index contributed by atoms with van der Waals surface area (Å²) in [7, 11) is 0. The van der Waals surface area contributed by atoms with Crippen molar-refractivity contribution in [2.75, 3.05) is 0 Å². The minimum absolute atomic E-state index is 0. The van der Waals surface area contributed by atoms with Gasteiger partial charge in [-0.15, -0.1) is 16.8 Å². The average Bonchev–Trinajstić information content (AvgIpc) is 2.17. The number of hydrogen-bond donors (Lipinski definition) is 0. The van der Waals surface area contributed by atoms with Crippen LogP contribution in [0, 0.1) is 27.8 Å². The van der Waals surface area contributed by atoms with Crippen LogP contribution < -0.4 is 0 Å². The molecule has 2 aromatic rings. The van der Waals surface area contributed by atoms with E-state index in [1.807, 2.05) is 12.1 Å². The number of rotatable bonds is 1. The first-order valence-corrected chi connectivity index (χ1v) is 4.51. The van der Waals surface area contributed by atoms with E-state index in [-0.39, 0.29) is 35.3 Å². The van der Waals surface area contributed by atoms with Crippen molar-refractivity contribution in [3.05, 3.63) is 69.8 Å². The van der Waals surface area contributed by atoms with Crippen molar-refractivity contribution in [1.29, 1.82) is 0 Å². The Hall–Kier alpha value is -0.638. The van der Waals surface area contributed by atoms with Gasteiger partial charge in [0, 0.05) is 20.4 Å². The van der Waals surface area contributed by atoms with E-state index in [2.05, 4.69) is 44.2 Å². The first-order valence-electron chi connectivity index (χ1n) is 4.51. The maximum Gasteiger partial charge on any atom is 0 e. The topological polar surface area (TPSA) is 0 Å². The Bertz CT molecular complexity index is 418. The molecule has 0 N–H and O–H groups in total. The minimum Gasteiger partial charge on any atom is -0.358 e. The second-order valence-corrected chi connectivity index (χ2v) is 3.42. The fraction of sp³-hybridized carbons (Fsp3) is 0.133. The van der Waals surface area contributed by atoms with Crippen LogP contribution in [0.4, 0.5) is 0 Å². The smallest absolute Gasteiger partial charge is 0 e. The standard InChI is InChI=1S/C13H12.2CH3.Pd/c1-10(2)12-8-7-11-5-3-4-6-13(11)9-12;;;/h3-7,9-10H,1H2,2H3;2*1H3;/q-2;2*-1;. The van der Waals surface area contributed by atoms with E-state index in [9.17, 15) is 0 Å². The summed E-state index contributed by atoms with van der Waals surface area (Å²) in [5, 5.41) is 2.51. The van der Waals surface area contributed by atoms with Crippen LogP contribution >= 0.6 is 0 Å². The third kappa shape index (κ3) is 3.74. The molecule has 0 aliphatic rings. The van der Waals surface area contributed by atoms with Gasteiger partial charge < -0.3 is 21.8 Å². The third-order valence-electron chi connectivity index (χ3n) is 2.23. The van der Waals surface area contributed by atoms with Crippen LogP contribution in [0.15, 0.2) is 36.4 Å². The summed E-state index contributed by atoms with van der Waals surface area (Å²) < 4.78 is 0. The largest absolute Gasteiger partial charge is 0.358 e. The van der Waals surface area contributed by atoms with Crippen LogP contribution in [0.5, 0.6) is 0 Å². The summed E-state index contributed by atoms with van der Waals surface area (Å²) in [6.07, 6.45) is 0. The third-order valence-corrected chi connectivity index (χ3v) is 2.23. The summed E-state index contributed by atoms with van der Waals surface area (Å²) in [6.45, 7) is 6.07. The molecule has 0 heterocycles. The Morgan fingerprint density at radius 2 is 1.69 bits per heavy atom. The minimum atomic E-state index is 0. The maximum absolute atomic E-state index is 3.98. The Morgan fingerprint density at radius 3 is 2.25 bits per heavy atom. The SMILES string of the molecule is [CH2-]C(C)c1[c-]cc2ccccc2c1.[CH3-].[CH3-].[Pd]. The molecular weight excluding hydrogens is 287 g/mol. The fourth-order valence-electron chi connectivity index (χ4n) is 1.43. The van der Waals surface area contributed by atoms with Crippen molar-refractivity contribution in [2.24, 2.45) is 0 Å². The Morgan fingerprint density at radius 1 is 1.12 bits per heavy atom. The van der Waals surface area contributed by atoms with Crippen molar-refractivity contribution in [2.45, 2.75) is 12.8 Å². The predicted molar refractivity (Wildman–Crippen MR) is 69.4 cm³/mol. The van der Waals surface area contributed by atoms with Gasteiger partial charge in [0.1, 0.15) is 0 Å². The molecule has 2 aromatic carbocycles. The number of benzene rings is 2. The molecular formula is C15H18Pd-4. The van der Waals surface area contributed by atoms with Gasteiger partial charge in [-0.3, -0.25) is 0 Å². The zero-order valence-corrected chi connectivity index (χ0v) is 11.6. The Labute approximate surface area is 114 Å². The molecule has 16 heavy (non-hydrogen) atoms. The number of fused-ring (bicyclic) bond motifs is 1. The molecule has 1 unspecified atom stereocenters. The molecule has 0 bridgehead atoms. The normalized spacial score (nSPS) is 10.6. The van der Waals surface area contributed by atoms with Gasteiger partial charge in [-0.1, -0.05) is 25.1 Å². The van der Waals surface area contributed by atoms with Gasteiger partial charge in [0.05, 0.1) is 0 Å². The van der Waals surface area contributed by atoms with Crippen molar-refractivity contribution >= 4 is 10.8 Å². The monoisotopic (exact) mass is 304 g/mol. The summed E-state index contributed by atoms with van der Waals surface area (Å²) in [5.41, 5.74) is 1.18. The van der Waals surface area contributed by atoms with E-state index < -0.39 is 0 Å². The fourth-order valence-corrected chi connectivity index (χ4v) is 1.43. The second kappa shape index (κ2) is 7.61. The summed E-state index contributed by atoms with van der Waals surface area (Å²) in [5.74, 6) is 0.310. The molecule has 1 heteroatoms. The van der Waals surface area contributed by atoms with Crippen molar-refractivity contribution in [1.82, 2.24) is 0 Å². The predicted octanol–water partition coefficient (Wildman–Crippen LogP) is 4.48. The van der Waals surface area contributed by atoms with E-state index in [1.165, 1.54) is 16.3 Å². The molecule has 0 radical (unpaired) electrons. The van der Waals surface area contributed by atoms with E-state index in [0.29, 0.717) is 5.92 Å². The van der Waals surface area contributed by atoms with Crippen LogP contribution in [0.1, 0.15) is 18.4 Å². The van der Waals surface area contributed by atoms with Gasteiger partial charge in [-0.25, -0.2) is 0 Å². The molecule has 2 rings (SSSR count). The van der Waals surface area contributed by atoms with Gasteiger partial charge in [0.25, 0.3) is 0 Å². The van der Waals surface area contributed by atoms with Gasteiger partial charge in [-0.05, 0) is 0 Å². The summed E-state index contributed by atoms with van der Waals surface area (Å²) in [4.78, 5) is 0. The molecule has 0 aromatic heterocycles. The van der Waals surface area contributed by atoms with E-state index in [0.717, 1.165) is 0 Å². The molecule has 0 fully saturated rings. The van der Waals surface area contributed by atoms with E-state index in [4.69, 9.17) is 0 Å². The molecule has 1 atom stereocenters. The van der Waals surface area contributed by atoms with Crippen LogP contribution in [-0.4, -0.2) is 0 Å². The first-order chi connectivity index (χ1) is 6.27. The Kier molecular flexibility index (Phi) is 8.44. The van der Waals surface area contributed by atoms with Gasteiger partial charge in [-0.2, -0.15) is 29.7 Å². The van der Waals surface area contributed by atoms with Crippen LogP contribution in [0.3, 0.4) is 0 Å². The first kappa shape index (κ1) is 17.7. The Balaban J connectivity index is 0. The van der Waals surface area contributed by atoms with Crippen LogP contribution in [0.25, 0.3) is 10.8 Å². The quantitative estimate of drug-likeness (QED) is 0.538. The molecule has 0 saturated heterocycles. The molecule has 0 saturated carbocycles. The van der Waals surface area contributed by atoms with Gasteiger partial charge >= 0.3 is 0 Å². The molecule has 0 amide bonds. The summed E-state index contributed by atoms with van der Waals surface area (Å²) >= 11 is 0. The van der Waals surface area contributed by atoms with Gasteiger partial charge in [0.15, 0.2) is 0 Å². The average molecular weight is 305 g/mol. The van der Waals surface area contributed by atoms with Gasteiger partial charge in [0.2, 0.25) is 0 Å². The molecule has 92 valence electrons. The zero-order valence-electron chi connectivity index (χ0n) is 10.1.